The van der Waals surface area contributed by atoms with Gasteiger partial charge in [-0.3, -0.25) is 0 Å². The molecule has 0 spiro atoms. The SMILES string of the molecule is C=CC1=CC=C(C)CC1.CC.CCC. The van der Waals surface area contributed by atoms with Gasteiger partial charge in [0.25, 0.3) is 0 Å². The minimum Gasteiger partial charge on any atom is -0.0988 e. The molecule has 0 atom stereocenters. The average molecular weight is 194 g/mol. The smallest absolute Gasteiger partial charge is 0.0242 e. The number of hydrogen-bond donors (Lipinski definition) is 0. The van der Waals surface area contributed by atoms with Crippen LogP contribution in [0.1, 0.15) is 53.9 Å². The Kier molecular flexibility index (Phi) is 13.7. The van der Waals surface area contributed by atoms with E-state index in [0.29, 0.717) is 0 Å². The minimum absolute atomic E-state index is 1.17. The standard InChI is InChI=1S/C9H12.C3H8.C2H6/c1-3-9-6-4-8(2)5-7-9;1-3-2;1-2/h3-4,6H,1,5,7H2,2H3;3H2,1-2H3;1-2H3. The Hall–Kier alpha value is -0.780. The van der Waals surface area contributed by atoms with Gasteiger partial charge in [0.2, 0.25) is 0 Å². The Morgan fingerprint density at radius 2 is 1.71 bits per heavy atom. The molecule has 0 heterocycles. The molecular weight excluding hydrogens is 168 g/mol. The Bertz CT molecular complexity index is 182. The van der Waals surface area contributed by atoms with E-state index in [1.54, 1.807) is 0 Å². The van der Waals surface area contributed by atoms with Crippen molar-refractivity contribution >= 4 is 0 Å². The molecule has 0 radical (unpaired) electrons. The highest BCUT2D eigenvalue weighted by atomic mass is 14.0. The van der Waals surface area contributed by atoms with Gasteiger partial charge in [0.05, 0.1) is 0 Å². The molecule has 0 fully saturated rings. The Morgan fingerprint density at radius 3 is 2.00 bits per heavy atom. The third kappa shape index (κ3) is 9.31. The summed E-state index contributed by atoms with van der Waals surface area (Å²) in [7, 11) is 0. The van der Waals surface area contributed by atoms with Crippen molar-refractivity contribution in [2.45, 2.75) is 53.9 Å². The maximum Gasteiger partial charge on any atom is -0.0242 e. The molecule has 0 aliphatic heterocycles. The van der Waals surface area contributed by atoms with Gasteiger partial charge in [-0.15, -0.1) is 0 Å². The highest BCUT2D eigenvalue weighted by Crippen LogP contribution is 2.17. The van der Waals surface area contributed by atoms with Gasteiger partial charge in [-0.2, -0.15) is 0 Å². The van der Waals surface area contributed by atoms with Gasteiger partial charge < -0.3 is 0 Å². The van der Waals surface area contributed by atoms with Crippen molar-refractivity contribution in [2.75, 3.05) is 0 Å². The molecule has 14 heavy (non-hydrogen) atoms. The first kappa shape index (κ1) is 15.7. The van der Waals surface area contributed by atoms with Crippen LogP contribution in [0.2, 0.25) is 0 Å². The summed E-state index contributed by atoms with van der Waals surface area (Å²) in [6, 6.07) is 0. The second kappa shape index (κ2) is 12.2. The van der Waals surface area contributed by atoms with Crippen molar-refractivity contribution in [3.05, 3.63) is 36.0 Å². The fourth-order valence-electron chi connectivity index (χ4n) is 0.928. The topological polar surface area (TPSA) is 0 Å². The zero-order valence-electron chi connectivity index (χ0n) is 10.6. The predicted molar refractivity (Wildman–Crippen MR) is 68.6 cm³/mol. The first-order valence-electron chi connectivity index (χ1n) is 5.73. The van der Waals surface area contributed by atoms with Crippen molar-refractivity contribution in [1.82, 2.24) is 0 Å². The second-order valence-corrected chi connectivity index (χ2v) is 3.17. The van der Waals surface area contributed by atoms with Crippen molar-refractivity contribution in [3.8, 4) is 0 Å². The summed E-state index contributed by atoms with van der Waals surface area (Å²) in [6.45, 7) is 14.1. The Labute approximate surface area is 90.4 Å². The first-order chi connectivity index (χ1) is 6.74. The van der Waals surface area contributed by atoms with E-state index in [1.807, 2.05) is 19.9 Å². The van der Waals surface area contributed by atoms with Gasteiger partial charge in [-0.05, 0) is 25.3 Å². The van der Waals surface area contributed by atoms with E-state index in [4.69, 9.17) is 0 Å². The van der Waals surface area contributed by atoms with Crippen LogP contribution in [-0.4, -0.2) is 0 Å². The van der Waals surface area contributed by atoms with E-state index in [-0.39, 0.29) is 0 Å². The van der Waals surface area contributed by atoms with E-state index in [9.17, 15) is 0 Å². The third-order valence-electron chi connectivity index (χ3n) is 1.65. The summed E-state index contributed by atoms with van der Waals surface area (Å²) in [6.07, 6.45) is 9.87. The highest BCUT2D eigenvalue weighted by molar-refractivity contribution is 5.28. The number of hydrogen-bond acceptors (Lipinski definition) is 0. The van der Waals surface area contributed by atoms with E-state index in [1.165, 1.54) is 30.4 Å². The van der Waals surface area contributed by atoms with Crippen LogP contribution >= 0.6 is 0 Å². The van der Waals surface area contributed by atoms with Crippen molar-refractivity contribution in [3.63, 3.8) is 0 Å². The first-order valence-corrected chi connectivity index (χ1v) is 5.73. The molecule has 0 aromatic carbocycles. The molecule has 1 aliphatic carbocycles. The Balaban J connectivity index is 0. The van der Waals surface area contributed by atoms with Crippen LogP contribution in [0, 0.1) is 0 Å². The molecule has 0 saturated heterocycles. The van der Waals surface area contributed by atoms with Gasteiger partial charge >= 0.3 is 0 Å². The summed E-state index contributed by atoms with van der Waals surface area (Å²) < 4.78 is 0. The van der Waals surface area contributed by atoms with Crippen molar-refractivity contribution in [1.29, 1.82) is 0 Å². The van der Waals surface area contributed by atoms with Crippen LogP contribution in [0.5, 0.6) is 0 Å². The predicted octanol–water partition coefficient (Wildman–Crippen LogP) is 5.28. The van der Waals surface area contributed by atoms with Crippen molar-refractivity contribution < 1.29 is 0 Å². The summed E-state index contributed by atoms with van der Waals surface area (Å²) in [5.41, 5.74) is 2.83. The van der Waals surface area contributed by atoms with Gasteiger partial charge in [0.15, 0.2) is 0 Å². The van der Waals surface area contributed by atoms with Crippen molar-refractivity contribution in [2.24, 2.45) is 0 Å². The van der Waals surface area contributed by atoms with Crippen LogP contribution in [0.15, 0.2) is 36.0 Å². The summed E-state index contributed by atoms with van der Waals surface area (Å²) in [4.78, 5) is 0. The van der Waals surface area contributed by atoms with Gasteiger partial charge in [-0.1, -0.05) is 64.5 Å². The molecule has 0 bridgehead atoms. The largest absolute Gasteiger partial charge is 0.0988 e. The minimum atomic E-state index is 1.17. The molecule has 0 aromatic rings. The molecule has 82 valence electrons. The summed E-state index contributed by atoms with van der Waals surface area (Å²) in [5, 5.41) is 0. The van der Waals surface area contributed by atoms with Crippen LogP contribution in [-0.2, 0) is 0 Å². The van der Waals surface area contributed by atoms with Gasteiger partial charge in [0, 0.05) is 0 Å². The lowest BCUT2D eigenvalue weighted by Crippen LogP contribution is -1.86. The molecule has 0 aromatic heterocycles. The lowest BCUT2D eigenvalue weighted by atomic mass is 10.00. The highest BCUT2D eigenvalue weighted by Gasteiger charge is 1.97. The number of rotatable bonds is 1. The Morgan fingerprint density at radius 1 is 1.21 bits per heavy atom. The molecule has 0 nitrogen and oxygen atoms in total. The normalized spacial score (nSPS) is 13.5. The fraction of sp³-hybridized carbons (Fsp3) is 0.571. The zero-order valence-corrected chi connectivity index (χ0v) is 10.6. The average Bonchev–Trinajstić information content (AvgIpc) is 2.23. The van der Waals surface area contributed by atoms with Crippen LogP contribution in [0.25, 0.3) is 0 Å². The molecule has 1 rings (SSSR count). The zero-order chi connectivity index (χ0) is 11.4. The number of allylic oxidation sites excluding steroid dienone is 5. The molecule has 0 amide bonds. The van der Waals surface area contributed by atoms with Gasteiger partial charge in [-0.25, -0.2) is 0 Å². The van der Waals surface area contributed by atoms with Crippen LogP contribution < -0.4 is 0 Å². The summed E-state index contributed by atoms with van der Waals surface area (Å²) in [5.74, 6) is 0. The lowest BCUT2D eigenvalue weighted by molar-refractivity contribution is 0.928. The third-order valence-corrected chi connectivity index (χ3v) is 1.65. The molecule has 0 unspecified atom stereocenters. The second-order valence-electron chi connectivity index (χ2n) is 3.17. The quantitative estimate of drug-likeness (QED) is 0.532. The molecular formula is C14H26. The molecule has 0 saturated carbocycles. The lowest BCUT2D eigenvalue weighted by Gasteiger charge is -2.06. The van der Waals surface area contributed by atoms with Crippen LogP contribution in [0.3, 0.4) is 0 Å². The van der Waals surface area contributed by atoms with E-state index < -0.39 is 0 Å². The maximum atomic E-state index is 3.71. The summed E-state index contributed by atoms with van der Waals surface area (Å²) >= 11 is 0. The van der Waals surface area contributed by atoms with E-state index in [2.05, 4.69) is 39.5 Å². The van der Waals surface area contributed by atoms with Gasteiger partial charge in [0.1, 0.15) is 0 Å². The molecule has 0 N–H and O–H groups in total. The fourth-order valence-corrected chi connectivity index (χ4v) is 0.928. The molecule has 0 heteroatoms. The van der Waals surface area contributed by atoms with E-state index >= 15 is 0 Å². The van der Waals surface area contributed by atoms with E-state index in [0.717, 1.165) is 0 Å². The monoisotopic (exact) mass is 194 g/mol. The molecule has 1 aliphatic rings. The van der Waals surface area contributed by atoms with Crippen LogP contribution in [0.4, 0.5) is 0 Å². The maximum absolute atomic E-state index is 3.71.